The van der Waals surface area contributed by atoms with Gasteiger partial charge in [-0.15, -0.1) is 0 Å². The van der Waals surface area contributed by atoms with Crippen LogP contribution in [-0.4, -0.2) is 43.3 Å². The molecule has 2 N–H and O–H groups in total. The molecule has 2 amide bonds. The highest BCUT2D eigenvalue weighted by Gasteiger charge is 2.15. The number of amides is 2. The number of piperidine rings is 1. The number of urea groups is 1. The lowest BCUT2D eigenvalue weighted by atomic mass is 10.1. The highest BCUT2D eigenvalue weighted by Crippen LogP contribution is 2.25. The highest BCUT2D eigenvalue weighted by atomic mass is 16.5. The molecule has 0 radical (unpaired) electrons. The Hall–Kier alpha value is -3.03. The number of nitrogens with one attached hydrogen (secondary N) is 2. The van der Waals surface area contributed by atoms with E-state index in [1.54, 1.807) is 32.4 Å². The van der Waals surface area contributed by atoms with E-state index in [1.807, 2.05) is 13.0 Å². The SMILES string of the molecule is COc1cc(NC(=O)NCc2cc(C)nc(N3CCCCC3)n2)cc(OC)c1. The van der Waals surface area contributed by atoms with Gasteiger partial charge in [0.2, 0.25) is 5.95 Å². The Morgan fingerprint density at radius 2 is 1.71 bits per heavy atom. The summed E-state index contributed by atoms with van der Waals surface area (Å²) in [6, 6.07) is 6.76. The molecule has 0 saturated carbocycles. The minimum Gasteiger partial charge on any atom is -0.497 e. The van der Waals surface area contributed by atoms with Gasteiger partial charge in [-0.25, -0.2) is 14.8 Å². The van der Waals surface area contributed by atoms with Crippen LogP contribution in [0.25, 0.3) is 0 Å². The van der Waals surface area contributed by atoms with Gasteiger partial charge in [0, 0.05) is 42.7 Å². The number of nitrogens with zero attached hydrogens (tertiary/aromatic N) is 3. The van der Waals surface area contributed by atoms with Gasteiger partial charge in [-0.3, -0.25) is 0 Å². The first-order valence-corrected chi connectivity index (χ1v) is 9.45. The number of aryl methyl sites for hydroxylation is 1. The largest absolute Gasteiger partial charge is 0.497 e. The van der Waals surface area contributed by atoms with Crippen molar-refractivity contribution < 1.29 is 14.3 Å². The van der Waals surface area contributed by atoms with Gasteiger partial charge >= 0.3 is 6.03 Å². The standard InChI is InChI=1S/C20H27N5O3/c1-14-9-16(23-19(22-14)25-7-5-4-6-8-25)13-21-20(26)24-15-10-17(27-2)12-18(11-15)28-3/h9-12H,4-8,13H2,1-3H3,(H2,21,24,26). The van der Waals surface area contributed by atoms with Crippen molar-refractivity contribution in [2.24, 2.45) is 0 Å². The molecule has 0 aliphatic carbocycles. The second kappa shape index (κ2) is 9.25. The Bertz CT molecular complexity index is 799. The summed E-state index contributed by atoms with van der Waals surface area (Å²) >= 11 is 0. The number of carbonyl (C=O) groups excluding carboxylic acids is 1. The van der Waals surface area contributed by atoms with Crippen LogP contribution in [0.4, 0.5) is 16.4 Å². The van der Waals surface area contributed by atoms with Crippen LogP contribution in [0.1, 0.15) is 30.7 Å². The zero-order valence-corrected chi connectivity index (χ0v) is 16.6. The Kier molecular flexibility index (Phi) is 6.52. The number of aromatic nitrogens is 2. The third-order valence-electron chi connectivity index (χ3n) is 4.57. The number of ether oxygens (including phenoxy) is 2. The first-order chi connectivity index (χ1) is 13.6. The number of methoxy groups -OCH3 is 2. The van der Waals surface area contributed by atoms with Gasteiger partial charge in [-0.2, -0.15) is 0 Å². The van der Waals surface area contributed by atoms with Crippen molar-refractivity contribution in [3.05, 3.63) is 35.7 Å². The molecule has 1 aliphatic heterocycles. The van der Waals surface area contributed by atoms with Crippen molar-refractivity contribution in [3.63, 3.8) is 0 Å². The molecule has 1 saturated heterocycles. The molecular weight excluding hydrogens is 358 g/mol. The van der Waals surface area contributed by atoms with Crippen molar-refractivity contribution in [2.75, 3.05) is 37.5 Å². The quantitative estimate of drug-likeness (QED) is 0.794. The van der Waals surface area contributed by atoms with Crippen LogP contribution in [0.15, 0.2) is 24.3 Å². The van der Waals surface area contributed by atoms with E-state index in [0.29, 0.717) is 23.7 Å². The second-order valence-corrected chi connectivity index (χ2v) is 6.76. The smallest absolute Gasteiger partial charge is 0.319 e. The third-order valence-corrected chi connectivity index (χ3v) is 4.57. The Morgan fingerprint density at radius 1 is 1.04 bits per heavy atom. The van der Waals surface area contributed by atoms with Gasteiger partial charge in [0.1, 0.15) is 11.5 Å². The number of carbonyl (C=O) groups is 1. The molecule has 1 fully saturated rings. The molecule has 0 spiro atoms. The van der Waals surface area contributed by atoms with E-state index in [0.717, 1.165) is 43.3 Å². The minimum atomic E-state index is -0.328. The average Bonchev–Trinajstić information content (AvgIpc) is 2.72. The summed E-state index contributed by atoms with van der Waals surface area (Å²) < 4.78 is 10.4. The molecule has 150 valence electrons. The van der Waals surface area contributed by atoms with E-state index in [2.05, 4.69) is 25.5 Å². The molecule has 0 unspecified atom stereocenters. The number of benzene rings is 1. The Balaban J connectivity index is 1.62. The monoisotopic (exact) mass is 385 g/mol. The highest BCUT2D eigenvalue weighted by molar-refractivity contribution is 5.89. The summed E-state index contributed by atoms with van der Waals surface area (Å²) in [6.07, 6.45) is 3.58. The normalized spacial score (nSPS) is 13.8. The Labute approximate surface area is 165 Å². The van der Waals surface area contributed by atoms with Crippen LogP contribution in [-0.2, 0) is 6.54 Å². The molecule has 28 heavy (non-hydrogen) atoms. The number of anilines is 2. The molecule has 0 bridgehead atoms. The molecular formula is C20H27N5O3. The molecule has 8 heteroatoms. The van der Waals surface area contributed by atoms with E-state index in [9.17, 15) is 4.79 Å². The van der Waals surface area contributed by atoms with Crippen LogP contribution < -0.4 is 25.0 Å². The van der Waals surface area contributed by atoms with Gasteiger partial charge in [0.05, 0.1) is 26.5 Å². The van der Waals surface area contributed by atoms with Crippen LogP contribution in [0, 0.1) is 6.92 Å². The van der Waals surface area contributed by atoms with E-state index in [1.165, 1.54) is 6.42 Å². The first-order valence-electron chi connectivity index (χ1n) is 9.45. The fourth-order valence-corrected chi connectivity index (χ4v) is 3.17. The lowest BCUT2D eigenvalue weighted by molar-refractivity contribution is 0.251. The molecule has 2 aromatic rings. The van der Waals surface area contributed by atoms with Crippen LogP contribution in [0.3, 0.4) is 0 Å². The van der Waals surface area contributed by atoms with Crippen LogP contribution in [0.5, 0.6) is 11.5 Å². The van der Waals surface area contributed by atoms with Gasteiger partial charge in [-0.1, -0.05) is 0 Å². The number of hydrogen-bond acceptors (Lipinski definition) is 6. The van der Waals surface area contributed by atoms with Gasteiger partial charge in [-0.05, 0) is 32.3 Å². The summed E-state index contributed by atoms with van der Waals surface area (Å²) in [4.78, 5) is 23.7. The summed E-state index contributed by atoms with van der Waals surface area (Å²) in [5, 5.41) is 5.63. The molecule has 2 heterocycles. The van der Waals surface area contributed by atoms with Crippen molar-refractivity contribution in [1.82, 2.24) is 15.3 Å². The van der Waals surface area contributed by atoms with Gasteiger partial charge < -0.3 is 25.0 Å². The number of rotatable bonds is 6. The summed E-state index contributed by atoms with van der Waals surface area (Å²) in [7, 11) is 3.13. The molecule has 0 atom stereocenters. The molecule has 1 aliphatic rings. The Morgan fingerprint density at radius 3 is 2.36 bits per heavy atom. The first kappa shape index (κ1) is 19.7. The minimum absolute atomic E-state index is 0.317. The van der Waals surface area contributed by atoms with E-state index in [4.69, 9.17) is 9.47 Å². The summed E-state index contributed by atoms with van der Waals surface area (Å²) in [5.41, 5.74) is 2.26. The fraction of sp³-hybridized carbons (Fsp3) is 0.450. The van der Waals surface area contributed by atoms with Crippen LogP contribution >= 0.6 is 0 Å². The summed E-state index contributed by atoms with van der Waals surface area (Å²) in [6.45, 7) is 4.22. The average molecular weight is 385 g/mol. The maximum Gasteiger partial charge on any atom is 0.319 e. The third kappa shape index (κ3) is 5.25. The topological polar surface area (TPSA) is 88.6 Å². The molecule has 3 rings (SSSR count). The van der Waals surface area contributed by atoms with E-state index in [-0.39, 0.29) is 6.03 Å². The van der Waals surface area contributed by atoms with Crippen molar-refractivity contribution >= 4 is 17.7 Å². The molecule has 8 nitrogen and oxygen atoms in total. The van der Waals surface area contributed by atoms with Crippen molar-refractivity contribution in [3.8, 4) is 11.5 Å². The van der Waals surface area contributed by atoms with Gasteiger partial charge in [0.25, 0.3) is 0 Å². The number of hydrogen-bond donors (Lipinski definition) is 2. The predicted octanol–water partition coefficient (Wildman–Crippen LogP) is 3.11. The molecule has 1 aromatic carbocycles. The fourth-order valence-electron chi connectivity index (χ4n) is 3.17. The second-order valence-electron chi connectivity index (χ2n) is 6.76. The zero-order valence-electron chi connectivity index (χ0n) is 16.6. The molecule has 1 aromatic heterocycles. The maximum atomic E-state index is 12.3. The maximum absolute atomic E-state index is 12.3. The summed E-state index contributed by atoms with van der Waals surface area (Å²) in [5.74, 6) is 1.95. The predicted molar refractivity (Wildman–Crippen MR) is 108 cm³/mol. The lowest BCUT2D eigenvalue weighted by Crippen LogP contribution is -2.32. The zero-order chi connectivity index (χ0) is 19.9. The van der Waals surface area contributed by atoms with Crippen molar-refractivity contribution in [2.45, 2.75) is 32.7 Å². The van der Waals surface area contributed by atoms with Crippen LogP contribution in [0.2, 0.25) is 0 Å². The lowest BCUT2D eigenvalue weighted by Gasteiger charge is -2.27. The van der Waals surface area contributed by atoms with Crippen molar-refractivity contribution in [1.29, 1.82) is 0 Å². The van der Waals surface area contributed by atoms with E-state index >= 15 is 0 Å². The van der Waals surface area contributed by atoms with E-state index < -0.39 is 0 Å². The van der Waals surface area contributed by atoms with Gasteiger partial charge in [0.15, 0.2) is 0 Å².